The van der Waals surface area contributed by atoms with E-state index >= 15 is 0 Å². The Balaban J connectivity index is 2.11. The van der Waals surface area contributed by atoms with Crippen LogP contribution in [0.4, 0.5) is 0 Å². The lowest BCUT2D eigenvalue weighted by Gasteiger charge is -2.34. The second-order valence-corrected chi connectivity index (χ2v) is 5.54. The van der Waals surface area contributed by atoms with Crippen LogP contribution in [0.25, 0.3) is 0 Å². The highest BCUT2D eigenvalue weighted by atomic mass is 15.3. The van der Waals surface area contributed by atoms with Crippen LogP contribution in [0, 0.1) is 11.8 Å². The van der Waals surface area contributed by atoms with Gasteiger partial charge in [0, 0.05) is 12.7 Å². The summed E-state index contributed by atoms with van der Waals surface area (Å²) in [7, 11) is 0. The van der Waals surface area contributed by atoms with Gasteiger partial charge in [0.2, 0.25) is 0 Å². The van der Waals surface area contributed by atoms with Gasteiger partial charge in [-0.2, -0.15) is 5.10 Å². The van der Waals surface area contributed by atoms with Crippen molar-refractivity contribution in [3.05, 3.63) is 18.0 Å². The predicted molar refractivity (Wildman–Crippen MR) is 71.1 cm³/mol. The number of aromatic nitrogens is 2. The van der Waals surface area contributed by atoms with E-state index in [1.807, 2.05) is 0 Å². The van der Waals surface area contributed by atoms with E-state index in [0.29, 0.717) is 5.92 Å². The molecular formula is C14H25N3. The molecule has 3 heteroatoms. The minimum atomic E-state index is 0.696. The van der Waals surface area contributed by atoms with Gasteiger partial charge in [-0.05, 0) is 49.2 Å². The van der Waals surface area contributed by atoms with Crippen LogP contribution in [0.3, 0.4) is 0 Å². The Morgan fingerprint density at radius 2 is 2.35 bits per heavy atom. The maximum Gasteiger partial charge on any atom is 0.0524 e. The van der Waals surface area contributed by atoms with E-state index in [4.69, 9.17) is 0 Å². The highest BCUT2D eigenvalue weighted by Gasteiger charge is 2.29. The molecule has 2 unspecified atom stereocenters. The number of nitrogens with zero attached hydrogens (tertiary/aromatic N) is 2. The van der Waals surface area contributed by atoms with Crippen LogP contribution in [0.2, 0.25) is 0 Å². The number of rotatable bonds is 4. The molecular weight excluding hydrogens is 210 g/mol. The zero-order chi connectivity index (χ0) is 12.3. The van der Waals surface area contributed by atoms with Gasteiger partial charge in [-0.25, -0.2) is 0 Å². The molecule has 0 bridgehead atoms. The molecule has 1 aromatic rings. The van der Waals surface area contributed by atoms with Gasteiger partial charge >= 0.3 is 0 Å². The zero-order valence-corrected chi connectivity index (χ0v) is 11.3. The Morgan fingerprint density at radius 3 is 3.06 bits per heavy atom. The Bertz CT molecular complexity index is 343. The Labute approximate surface area is 105 Å². The fourth-order valence-electron chi connectivity index (χ4n) is 2.92. The summed E-state index contributed by atoms with van der Waals surface area (Å²) in [6.07, 6.45) is 6.75. The molecule has 17 heavy (non-hydrogen) atoms. The molecule has 1 aliphatic heterocycles. The minimum absolute atomic E-state index is 0.696. The number of aryl methyl sites for hydroxylation is 1. The van der Waals surface area contributed by atoms with Crippen molar-refractivity contribution in [2.75, 3.05) is 13.1 Å². The van der Waals surface area contributed by atoms with E-state index in [2.05, 4.69) is 48.3 Å². The number of nitrogens with one attached hydrogen (secondary N) is 1. The summed E-state index contributed by atoms with van der Waals surface area (Å²) in [5.74, 6) is 2.19. The van der Waals surface area contributed by atoms with Crippen molar-refractivity contribution in [3.63, 3.8) is 0 Å². The van der Waals surface area contributed by atoms with Crippen molar-refractivity contribution in [2.45, 2.75) is 46.1 Å². The number of hydrogen-bond donors (Lipinski definition) is 1. The first-order chi connectivity index (χ1) is 8.22. The molecule has 1 aliphatic rings. The van der Waals surface area contributed by atoms with Crippen LogP contribution in [0.5, 0.6) is 0 Å². The molecule has 0 radical (unpaired) electrons. The molecule has 1 saturated heterocycles. The van der Waals surface area contributed by atoms with Crippen molar-refractivity contribution >= 4 is 0 Å². The fraction of sp³-hybridized carbons (Fsp3) is 0.786. The summed E-state index contributed by atoms with van der Waals surface area (Å²) in [6.45, 7) is 10.2. The van der Waals surface area contributed by atoms with E-state index in [9.17, 15) is 0 Å². The van der Waals surface area contributed by atoms with Crippen LogP contribution >= 0.6 is 0 Å². The normalized spacial score (nSPS) is 25.4. The van der Waals surface area contributed by atoms with E-state index in [-0.39, 0.29) is 0 Å². The van der Waals surface area contributed by atoms with Crippen LogP contribution < -0.4 is 5.32 Å². The van der Waals surface area contributed by atoms with Gasteiger partial charge < -0.3 is 5.32 Å². The quantitative estimate of drug-likeness (QED) is 0.869. The summed E-state index contributed by atoms with van der Waals surface area (Å²) >= 11 is 0. The smallest absolute Gasteiger partial charge is 0.0524 e. The van der Waals surface area contributed by atoms with Crippen LogP contribution in [0.15, 0.2) is 12.4 Å². The van der Waals surface area contributed by atoms with E-state index < -0.39 is 0 Å². The minimum Gasteiger partial charge on any atom is -0.316 e. The Kier molecular flexibility index (Phi) is 4.21. The number of piperidine rings is 1. The standard InChI is InChI=1S/C14H25N3/c1-4-7-17-10-12(8-16-17)13-5-6-15-9-14(13)11(2)3/h8,10-11,13-15H,4-7,9H2,1-3H3. The first-order valence-corrected chi connectivity index (χ1v) is 6.95. The highest BCUT2D eigenvalue weighted by Crippen LogP contribution is 2.34. The largest absolute Gasteiger partial charge is 0.316 e. The molecule has 0 aliphatic carbocycles. The first-order valence-electron chi connectivity index (χ1n) is 6.95. The summed E-state index contributed by atoms with van der Waals surface area (Å²) in [5.41, 5.74) is 1.44. The lowest BCUT2D eigenvalue weighted by Crippen LogP contribution is -2.37. The SMILES string of the molecule is CCCn1cc(C2CCNCC2C(C)C)cn1. The van der Waals surface area contributed by atoms with Gasteiger partial charge in [-0.3, -0.25) is 4.68 Å². The molecule has 2 rings (SSSR count). The van der Waals surface area contributed by atoms with Crippen molar-refractivity contribution < 1.29 is 0 Å². The summed E-state index contributed by atoms with van der Waals surface area (Å²) < 4.78 is 2.09. The topological polar surface area (TPSA) is 29.9 Å². The molecule has 1 aromatic heterocycles. The molecule has 3 nitrogen and oxygen atoms in total. The molecule has 1 fully saturated rings. The van der Waals surface area contributed by atoms with Gasteiger partial charge in [-0.15, -0.1) is 0 Å². The van der Waals surface area contributed by atoms with Crippen LogP contribution in [-0.2, 0) is 6.54 Å². The molecule has 2 heterocycles. The van der Waals surface area contributed by atoms with E-state index in [1.165, 1.54) is 12.0 Å². The van der Waals surface area contributed by atoms with Crippen molar-refractivity contribution in [1.29, 1.82) is 0 Å². The third kappa shape index (κ3) is 2.89. The van der Waals surface area contributed by atoms with Gasteiger partial charge in [0.05, 0.1) is 6.20 Å². The maximum atomic E-state index is 4.47. The van der Waals surface area contributed by atoms with Gasteiger partial charge in [0.1, 0.15) is 0 Å². The van der Waals surface area contributed by atoms with Crippen molar-refractivity contribution in [3.8, 4) is 0 Å². The molecule has 1 N–H and O–H groups in total. The van der Waals surface area contributed by atoms with Crippen molar-refractivity contribution in [2.24, 2.45) is 11.8 Å². The van der Waals surface area contributed by atoms with Crippen LogP contribution in [0.1, 0.15) is 45.1 Å². The van der Waals surface area contributed by atoms with Gasteiger partial charge in [-0.1, -0.05) is 20.8 Å². The van der Waals surface area contributed by atoms with E-state index in [1.54, 1.807) is 0 Å². The van der Waals surface area contributed by atoms with Gasteiger partial charge in [0.15, 0.2) is 0 Å². The van der Waals surface area contributed by atoms with Crippen LogP contribution in [-0.4, -0.2) is 22.9 Å². The summed E-state index contributed by atoms with van der Waals surface area (Å²) in [4.78, 5) is 0. The van der Waals surface area contributed by atoms with E-state index in [0.717, 1.165) is 37.9 Å². The monoisotopic (exact) mass is 235 g/mol. The first kappa shape index (κ1) is 12.6. The Morgan fingerprint density at radius 1 is 1.53 bits per heavy atom. The highest BCUT2D eigenvalue weighted by molar-refractivity contribution is 5.14. The molecule has 0 aromatic carbocycles. The molecule has 0 amide bonds. The van der Waals surface area contributed by atoms with Crippen molar-refractivity contribution in [1.82, 2.24) is 15.1 Å². The average Bonchev–Trinajstić information content (AvgIpc) is 2.78. The zero-order valence-electron chi connectivity index (χ0n) is 11.3. The Hall–Kier alpha value is -0.830. The second-order valence-electron chi connectivity index (χ2n) is 5.54. The summed E-state index contributed by atoms with van der Waals surface area (Å²) in [5, 5.41) is 7.99. The lowest BCUT2D eigenvalue weighted by molar-refractivity contribution is 0.255. The third-order valence-corrected chi connectivity index (χ3v) is 3.92. The predicted octanol–water partition coefficient (Wildman–Crippen LogP) is 2.64. The lowest BCUT2D eigenvalue weighted by atomic mass is 9.76. The maximum absolute atomic E-state index is 4.47. The number of hydrogen-bond acceptors (Lipinski definition) is 2. The molecule has 0 spiro atoms. The second kappa shape index (κ2) is 5.67. The fourth-order valence-corrected chi connectivity index (χ4v) is 2.92. The molecule has 2 atom stereocenters. The third-order valence-electron chi connectivity index (χ3n) is 3.92. The summed E-state index contributed by atoms with van der Waals surface area (Å²) in [6, 6.07) is 0. The van der Waals surface area contributed by atoms with Gasteiger partial charge in [0.25, 0.3) is 0 Å². The molecule has 0 saturated carbocycles. The average molecular weight is 235 g/mol. The molecule has 96 valence electrons.